The standard InChI is InChI=1S/C19H28N2O3.ClH/c1-3-24-18(22)12-17(16-10-5-4-7-13(16)2)21-19(23)14-8-6-9-15(20)11-14;/h4-5,7,10,14-15,17H,3,6,8-9,11-12,20H2,1-2H3,(H,21,23);1H. The normalized spacial score (nSPS) is 20.9. The number of amides is 1. The molecule has 3 N–H and O–H groups in total. The average Bonchev–Trinajstić information content (AvgIpc) is 2.55. The van der Waals surface area contributed by atoms with Crippen LogP contribution in [0.25, 0.3) is 0 Å². The molecule has 5 nitrogen and oxygen atoms in total. The van der Waals surface area contributed by atoms with Crippen LogP contribution in [0.1, 0.15) is 56.2 Å². The van der Waals surface area contributed by atoms with Gasteiger partial charge in [0.2, 0.25) is 5.91 Å². The Morgan fingerprint density at radius 3 is 2.68 bits per heavy atom. The van der Waals surface area contributed by atoms with Gasteiger partial charge in [0.05, 0.1) is 19.1 Å². The zero-order valence-corrected chi connectivity index (χ0v) is 15.8. The Kier molecular flexibility index (Phi) is 8.93. The van der Waals surface area contributed by atoms with Gasteiger partial charge in [-0.2, -0.15) is 0 Å². The molecule has 2 rings (SSSR count). The fourth-order valence-corrected chi connectivity index (χ4v) is 3.36. The topological polar surface area (TPSA) is 81.4 Å². The highest BCUT2D eigenvalue weighted by Gasteiger charge is 2.28. The van der Waals surface area contributed by atoms with Crippen molar-refractivity contribution in [3.63, 3.8) is 0 Å². The maximum absolute atomic E-state index is 12.7. The quantitative estimate of drug-likeness (QED) is 0.756. The number of carbonyl (C=O) groups excluding carboxylic acids is 2. The van der Waals surface area contributed by atoms with Crippen LogP contribution in [0.3, 0.4) is 0 Å². The van der Waals surface area contributed by atoms with Gasteiger partial charge in [-0.1, -0.05) is 30.7 Å². The molecule has 0 radical (unpaired) electrons. The van der Waals surface area contributed by atoms with E-state index in [0.717, 1.165) is 30.4 Å². The van der Waals surface area contributed by atoms with Gasteiger partial charge < -0.3 is 15.8 Å². The Bertz CT molecular complexity index is 580. The van der Waals surface area contributed by atoms with Gasteiger partial charge in [-0.15, -0.1) is 12.4 Å². The predicted octanol–water partition coefficient (Wildman–Crippen LogP) is 3.04. The maximum Gasteiger partial charge on any atom is 0.308 e. The van der Waals surface area contributed by atoms with E-state index in [1.54, 1.807) is 6.92 Å². The van der Waals surface area contributed by atoms with E-state index in [1.165, 1.54) is 0 Å². The fourth-order valence-electron chi connectivity index (χ4n) is 3.36. The summed E-state index contributed by atoms with van der Waals surface area (Å²) in [6.07, 6.45) is 3.67. The molecule has 1 aliphatic carbocycles. The molecule has 3 unspecified atom stereocenters. The molecule has 1 saturated carbocycles. The Hall–Kier alpha value is -1.59. The number of rotatable bonds is 6. The second-order valence-corrected chi connectivity index (χ2v) is 6.55. The third kappa shape index (κ3) is 6.33. The number of carbonyl (C=O) groups is 2. The maximum atomic E-state index is 12.7. The van der Waals surface area contributed by atoms with E-state index in [0.29, 0.717) is 13.0 Å². The molecule has 0 saturated heterocycles. The molecule has 0 bridgehead atoms. The van der Waals surface area contributed by atoms with E-state index >= 15 is 0 Å². The molecule has 0 spiro atoms. The van der Waals surface area contributed by atoms with Gasteiger partial charge in [0.25, 0.3) is 0 Å². The van der Waals surface area contributed by atoms with Crippen molar-refractivity contribution in [3.05, 3.63) is 35.4 Å². The van der Waals surface area contributed by atoms with Gasteiger partial charge in [0, 0.05) is 12.0 Å². The summed E-state index contributed by atoms with van der Waals surface area (Å²) in [5.41, 5.74) is 8.00. The van der Waals surface area contributed by atoms with Crippen molar-refractivity contribution in [2.24, 2.45) is 11.7 Å². The second-order valence-electron chi connectivity index (χ2n) is 6.55. The van der Waals surface area contributed by atoms with Crippen LogP contribution in [0.2, 0.25) is 0 Å². The number of hydrogen-bond acceptors (Lipinski definition) is 4. The molecule has 6 heteroatoms. The molecule has 0 aromatic heterocycles. The molecule has 25 heavy (non-hydrogen) atoms. The zero-order valence-electron chi connectivity index (χ0n) is 15.0. The highest BCUT2D eigenvalue weighted by molar-refractivity contribution is 5.85. The number of aryl methyl sites for hydroxylation is 1. The first-order valence-corrected chi connectivity index (χ1v) is 8.78. The van der Waals surface area contributed by atoms with E-state index in [4.69, 9.17) is 10.5 Å². The van der Waals surface area contributed by atoms with Gasteiger partial charge in [0.1, 0.15) is 0 Å². The van der Waals surface area contributed by atoms with Crippen molar-refractivity contribution in [3.8, 4) is 0 Å². The van der Waals surface area contributed by atoms with Gasteiger partial charge in [-0.05, 0) is 44.2 Å². The monoisotopic (exact) mass is 368 g/mol. The molecule has 1 amide bonds. The second kappa shape index (κ2) is 10.4. The molecule has 1 aromatic rings. The minimum absolute atomic E-state index is 0. The molecular weight excluding hydrogens is 340 g/mol. The molecule has 0 aliphatic heterocycles. The van der Waals surface area contributed by atoms with Crippen LogP contribution in [-0.2, 0) is 14.3 Å². The summed E-state index contributed by atoms with van der Waals surface area (Å²) in [5.74, 6) is -0.378. The number of esters is 1. The summed E-state index contributed by atoms with van der Waals surface area (Å²) < 4.78 is 5.07. The third-order valence-corrected chi connectivity index (χ3v) is 4.64. The number of benzene rings is 1. The van der Waals surface area contributed by atoms with Gasteiger partial charge in [-0.3, -0.25) is 9.59 Å². The van der Waals surface area contributed by atoms with Crippen molar-refractivity contribution in [1.29, 1.82) is 0 Å². The predicted molar refractivity (Wildman–Crippen MR) is 100 cm³/mol. The number of ether oxygens (including phenoxy) is 1. The van der Waals surface area contributed by atoms with Crippen molar-refractivity contribution in [2.45, 2.75) is 58.0 Å². The van der Waals surface area contributed by atoms with Gasteiger partial charge in [0.15, 0.2) is 0 Å². The minimum atomic E-state index is -0.365. The third-order valence-electron chi connectivity index (χ3n) is 4.64. The smallest absolute Gasteiger partial charge is 0.308 e. The van der Waals surface area contributed by atoms with E-state index < -0.39 is 0 Å². The van der Waals surface area contributed by atoms with Crippen LogP contribution in [0.15, 0.2) is 24.3 Å². The molecule has 0 heterocycles. The molecule has 1 aliphatic rings. The van der Waals surface area contributed by atoms with Crippen LogP contribution >= 0.6 is 12.4 Å². The molecular formula is C19H29ClN2O3. The fraction of sp³-hybridized carbons (Fsp3) is 0.579. The summed E-state index contributed by atoms with van der Waals surface area (Å²) in [7, 11) is 0. The van der Waals surface area contributed by atoms with Gasteiger partial charge in [-0.25, -0.2) is 0 Å². The summed E-state index contributed by atoms with van der Waals surface area (Å²) in [5, 5.41) is 3.06. The summed E-state index contributed by atoms with van der Waals surface area (Å²) in [4.78, 5) is 24.6. The summed E-state index contributed by atoms with van der Waals surface area (Å²) in [6.45, 7) is 4.10. The molecule has 1 fully saturated rings. The van der Waals surface area contributed by atoms with Crippen molar-refractivity contribution < 1.29 is 14.3 Å². The lowest BCUT2D eigenvalue weighted by Crippen LogP contribution is -2.40. The highest BCUT2D eigenvalue weighted by Crippen LogP contribution is 2.26. The molecule has 140 valence electrons. The van der Waals surface area contributed by atoms with Crippen molar-refractivity contribution in [1.82, 2.24) is 5.32 Å². The lowest BCUT2D eigenvalue weighted by Gasteiger charge is -2.28. The first kappa shape index (κ1) is 21.5. The highest BCUT2D eigenvalue weighted by atomic mass is 35.5. The van der Waals surface area contributed by atoms with E-state index in [1.807, 2.05) is 31.2 Å². The first-order valence-electron chi connectivity index (χ1n) is 8.78. The zero-order chi connectivity index (χ0) is 17.5. The van der Waals surface area contributed by atoms with Crippen LogP contribution < -0.4 is 11.1 Å². The molecule has 3 atom stereocenters. The van der Waals surface area contributed by atoms with Crippen molar-refractivity contribution in [2.75, 3.05) is 6.61 Å². The Balaban J connectivity index is 0.00000312. The number of halogens is 1. The minimum Gasteiger partial charge on any atom is -0.466 e. The van der Waals surface area contributed by atoms with Crippen LogP contribution in [0.4, 0.5) is 0 Å². The molecule has 1 aromatic carbocycles. The lowest BCUT2D eigenvalue weighted by atomic mass is 9.85. The van der Waals surface area contributed by atoms with Gasteiger partial charge >= 0.3 is 5.97 Å². The first-order chi connectivity index (χ1) is 11.5. The van der Waals surface area contributed by atoms with Crippen LogP contribution in [0.5, 0.6) is 0 Å². The largest absolute Gasteiger partial charge is 0.466 e. The SMILES string of the molecule is CCOC(=O)CC(NC(=O)C1CCCC(N)C1)c1ccccc1C.Cl. The summed E-state index contributed by atoms with van der Waals surface area (Å²) in [6, 6.07) is 7.53. The Labute approximate surface area is 156 Å². The number of hydrogen-bond donors (Lipinski definition) is 2. The summed E-state index contributed by atoms with van der Waals surface area (Å²) >= 11 is 0. The average molecular weight is 369 g/mol. The number of nitrogens with one attached hydrogen (secondary N) is 1. The van der Waals surface area contributed by atoms with Crippen LogP contribution in [0, 0.1) is 12.8 Å². The van der Waals surface area contributed by atoms with E-state index in [9.17, 15) is 9.59 Å². The Morgan fingerprint density at radius 2 is 2.04 bits per heavy atom. The van der Waals surface area contributed by atoms with Crippen LogP contribution in [-0.4, -0.2) is 24.5 Å². The lowest BCUT2D eigenvalue weighted by molar-refractivity contribution is -0.144. The van der Waals surface area contributed by atoms with E-state index in [2.05, 4.69) is 5.32 Å². The number of nitrogens with two attached hydrogens (primary N) is 1. The van der Waals surface area contributed by atoms with E-state index in [-0.39, 0.29) is 48.7 Å². The Morgan fingerprint density at radius 1 is 1.32 bits per heavy atom. The van der Waals surface area contributed by atoms with Crippen molar-refractivity contribution >= 4 is 24.3 Å².